The summed E-state index contributed by atoms with van der Waals surface area (Å²) in [5.41, 5.74) is 0.598. The smallest absolute Gasteiger partial charge is 0.315 e. The van der Waals surface area contributed by atoms with Crippen molar-refractivity contribution in [3.63, 3.8) is 0 Å². The Hall–Kier alpha value is -1.91. The third-order valence-electron chi connectivity index (χ3n) is 2.16. The Balaban J connectivity index is 2.28. The lowest BCUT2D eigenvalue weighted by Gasteiger charge is -2.10. The van der Waals surface area contributed by atoms with Crippen LogP contribution in [0, 0.1) is 0 Å². The molecule has 0 saturated carbocycles. The van der Waals surface area contributed by atoms with Gasteiger partial charge in [0.25, 0.3) is 0 Å². The number of nitrogens with one attached hydrogen (secondary N) is 2. The second kappa shape index (κ2) is 3.10. The van der Waals surface area contributed by atoms with Gasteiger partial charge in [0.1, 0.15) is 11.5 Å². The Morgan fingerprint density at radius 1 is 1.36 bits per heavy atom. The van der Waals surface area contributed by atoms with Crippen LogP contribution in [0.4, 0.5) is 4.79 Å². The van der Waals surface area contributed by atoms with E-state index >= 15 is 0 Å². The summed E-state index contributed by atoms with van der Waals surface area (Å²) in [6, 6.07) is 3.83. The van der Waals surface area contributed by atoms with Crippen LogP contribution in [0.15, 0.2) is 18.2 Å². The highest BCUT2D eigenvalue weighted by Gasteiger charge is 2.23. The monoisotopic (exact) mass is 194 g/mol. The number of phenols is 2. The highest BCUT2D eigenvalue weighted by atomic mass is 16.3. The van der Waals surface area contributed by atoms with Crippen molar-refractivity contribution >= 4 is 6.03 Å². The molecule has 1 aliphatic heterocycles. The van der Waals surface area contributed by atoms with Gasteiger partial charge in [0.05, 0.1) is 6.04 Å². The minimum atomic E-state index is -0.248. The quantitative estimate of drug-likeness (QED) is 0.524. The first kappa shape index (κ1) is 8.68. The van der Waals surface area contributed by atoms with Gasteiger partial charge in [0.15, 0.2) is 0 Å². The van der Waals surface area contributed by atoms with Crippen molar-refractivity contribution in [2.75, 3.05) is 6.54 Å². The van der Waals surface area contributed by atoms with Crippen molar-refractivity contribution < 1.29 is 15.0 Å². The minimum Gasteiger partial charge on any atom is -0.508 e. The molecule has 0 spiro atoms. The van der Waals surface area contributed by atoms with Crippen molar-refractivity contribution in [2.24, 2.45) is 0 Å². The van der Waals surface area contributed by atoms with Crippen molar-refractivity contribution in [3.05, 3.63) is 23.8 Å². The first-order chi connectivity index (χ1) is 6.66. The molecular formula is C9H10N2O3. The molecule has 0 bridgehead atoms. The summed E-state index contributed by atoms with van der Waals surface area (Å²) in [6.07, 6.45) is 0. The summed E-state index contributed by atoms with van der Waals surface area (Å²) in [6.45, 7) is 0.442. The lowest BCUT2D eigenvalue weighted by atomic mass is 10.1. The molecule has 1 unspecified atom stereocenters. The second-order valence-corrected chi connectivity index (χ2v) is 3.15. The molecule has 4 N–H and O–H groups in total. The zero-order valence-corrected chi connectivity index (χ0v) is 7.32. The van der Waals surface area contributed by atoms with Gasteiger partial charge < -0.3 is 20.8 Å². The van der Waals surface area contributed by atoms with E-state index in [2.05, 4.69) is 10.6 Å². The standard InChI is InChI=1S/C9H10N2O3/c12-5-1-2-6(8(13)3-5)7-4-10-9(14)11-7/h1-3,7,12-13H,4H2,(H2,10,11,14). The summed E-state index contributed by atoms with van der Waals surface area (Å²) in [5.74, 6) is -0.0115. The Morgan fingerprint density at radius 3 is 2.71 bits per heavy atom. The average molecular weight is 194 g/mol. The van der Waals surface area contributed by atoms with Gasteiger partial charge in [-0.15, -0.1) is 0 Å². The molecule has 2 rings (SSSR count). The normalized spacial score (nSPS) is 20.3. The zero-order valence-electron chi connectivity index (χ0n) is 7.32. The molecule has 74 valence electrons. The number of aromatic hydroxyl groups is 2. The number of hydrogen-bond donors (Lipinski definition) is 4. The highest BCUT2D eigenvalue weighted by Crippen LogP contribution is 2.28. The fourth-order valence-corrected chi connectivity index (χ4v) is 1.47. The van der Waals surface area contributed by atoms with Crippen molar-refractivity contribution in [1.29, 1.82) is 0 Å². The van der Waals surface area contributed by atoms with E-state index in [4.69, 9.17) is 5.11 Å². The fraction of sp³-hybridized carbons (Fsp3) is 0.222. The molecule has 1 saturated heterocycles. The lowest BCUT2D eigenvalue weighted by molar-refractivity contribution is 0.247. The minimum absolute atomic E-state index is 0.00327. The number of carbonyl (C=O) groups is 1. The van der Waals surface area contributed by atoms with Gasteiger partial charge in [-0.25, -0.2) is 4.79 Å². The third kappa shape index (κ3) is 1.44. The number of carbonyl (C=O) groups excluding carboxylic acids is 1. The number of amides is 2. The Morgan fingerprint density at radius 2 is 2.14 bits per heavy atom. The maximum atomic E-state index is 10.9. The molecule has 0 aliphatic carbocycles. The number of rotatable bonds is 1. The second-order valence-electron chi connectivity index (χ2n) is 3.15. The Kier molecular flexibility index (Phi) is 1.92. The van der Waals surface area contributed by atoms with Crippen molar-refractivity contribution in [2.45, 2.75) is 6.04 Å². The molecule has 14 heavy (non-hydrogen) atoms. The predicted molar refractivity (Wildman–Crippen MR) is 49.0 cm³/mol. The molecule has 5 nitrogen and oxygen atoms in total. The Bertz CT molecular complexity index is 378. The van der Waals surface area contributed by atoms with Gasteiger partial charge >= 0.3 is 6.03 Å². The number of hydrogen-bond acceptors (Lipinski definition) is 3. The van der Waals surface area contributed by atoms with Crippen LogP contribution in [0.1, 0.15) is 11.6 Å². The van der Waals surface area contributed by atoms with Crippen LogP contribution in [-0.2, 0) is 0 Å². The van der Waals surface area contributed by atoms with Crippen molar-refractivity contribution in [1.82, 2.24) is 10.6 Å². The molecule has 0 aromatic heterocycles. The first-order valence-electron chi connectivity index (χ1n) is 4.23. The molecule has 0 radical (unpaired) electrons. The molecule has 1 aromatic rings. The Labute approximate surface area is 80.4 Å². The molecule has 2 amide bonds. The molecule has 5 heteroatoms. The van der Waals surface area contributed by atoms with E-state index in [1.807, 2.05) is 0 Å². The van der Waals surface area contributed by atoms with Gasteiger partial charge in [-0.05, 0) is 12.1 Å². The fourth-order valence-electron chi connectivity index (χ4n) is 1.47. The molecule has 1 fully saturated rings. The van der Waals surface area contributed by atoms with Crippen LogP contribution in [0.5, 0.6) is 11.5 Å². The summed E-state index contributed by atoms with van der Waals surface area (Å²) in [4.78, 5) is 10.9. The third-order valence-corrected chi connectivity index (χ3v) is 2.16. The summed E-state index contributed by atoms with van der Waals surface area (Å²) < 4.78 is 0. The van der Waals surface area contributed by atoms with Crippen LogP contribution in [0.3, 0.4) is 0 Å². The number of urea groups is 1. The van der Waals surface area contributed by atoms with Crippen LogP contribution in [0.2, 0.25) is 0 Å². The van der Waals surface area contributed by atoms with Crippen LogP contribution < -0.4 is 10.6 Å². The maximum absolute atomic E-state index is 10.9. The topological polar surface area (TPSA) is 81.6 Å². The maximum Gasteiger partial charge on any atom is 0.315 e. The van der Waals surface area contributed by atoms with E-state index in [9.17, 15) is 9.90 Å². The molecular weight excluding hydrogens is 184 g/mol. The van der Waals surface area contributed by atoms with E-state index in [-0.39, 0.29) is 23.6 Å². The van der Waals surface area contributed by atoms with Gasteiger partial charge in [-0.2, -0.15) is 0 Å². The zero-order chi connectivity index (χ0) is 10.1. The van der Waals surface area contributed by atoms with Gasteiger partial charge in [0.2, 0.25) is 0 Å². The van der Waals surface area contributed by atoms with Crippen LogP contribution in [-0.4, -0.2) is 22.8 Å². The molecule has 1 heterocycles. The van der Waals surface area contributed by atoms with E-state index in [1.165, 1.54) is 12.1 Å². The van der Waals surface area contributed by atoms with E-state index in [1.54, 1.807) is 6.07 Å². The summed E-state index contributed by atoms with van der Waals surface area (Å²) >= 11 is 0. The SMILES string of the molecule is O=C1NCC(c2ccc(O)cc2O)N1. The number of phenolic OH excluding ortho intramolecular Hbond substituents is 2. The largest absolute Gasteiger partial charge is 0.508 e. The highest BCUT2D eigenvalue weighted by molar-refractivity contribution is 5.77. The van der Waals surface area contributed by atoms with Crippen molar-refractivity contribution in [3.8, 4) is 11.5 Å². The van der Waals surface area contributed by atoms with Gasteiger partial charge in [0, 0.05) is 18.2 Å². The summed E-state index contributed by atoms with van der Waals surface area (Å²) in [5, 5.41) is 23.8. The molecule has 1 aliphatic rings. The molecule has 1 atom stereocenters. The molecule has 1 aromatic carbocycles. The number of benzene rings is 1. The van der Waals surface area contributed by atoms with Gasteiger partial charge in [-0.3, -0.25) is 0 Å². The van der Waals surface area contributed by atoms with Crippen LogP contribution in [0.25, 0.3) is 0 Å². The predicted octanol–water partition coefficient (Wildman–Crippen LogP) is 0.452. The average Bonchev–Trinajstić information content (AvgIpc) is 2.51. The van der Waals surface area contributed by atoms with Gasteiger partial charge in [-0.1, -0.05) is 0 Å². The summed E-state index contributed by atoms with van der Waals surface area (Å²) in [7, 11) is 0. The lowest BCUT2D eigenvalue weighted by Crippen LogP contribution is -2.21. The van der Waals surface area contributed by atoms with Crippen LogP contribution >= 0.6 is 0 Å². The van der Waals surface area contributed by atoms with E-state index in [0.717, 1.165) is 0 Å². The van der Waals surface area contributed by atoms with E-state index < -0.39 is 0 Å². The first-order valence-corrected chi connectivity index (χ1v) is 4.23. The van der Waals surface area contributed by atoms with E-state index in [0.29, 0.717) is 12.1 Å².